The molecule has 13 heteroatoms. The molecular weight excluding hydrogens is 562 g/mol. The summed E-state index contributed by atoms with van der Waals surface area (Å²) in [6.07, 6.45) is -3.89. The lowest BCUT2D eigenvalue weighted by atomic mass is 9.99. The number of benzene rings is 2. The number of carbonyl (C=O) groups is 5. The molecule has 0 aliphatic carbocycles. The molecule has 3 N–H and O–H groups in total. The Morgan fingerprint density at radius 3 is 2.51 bits per heavy atom. The van der Waals surface area contributed by atoms with E-state index < -0.39 is 53.7 Å². The van der Waals surface area contributed by atoms with Crippen LogP contribution in [-0.4, -0.2) is 96.3 Å². The van der Waals surface area contributed by atoms with E-state index >= 15 is 0 Å². The fourth-order valence-corrected chi connectivity index (χ4v) is 5.25. The lowest BCUT2D eigenvalue weighted by molar-refractivity contribution is -0.148. The number of aryl methyl sites for hydroxylation is 1. The van der Waals surface area contributed by atoms with Crippen LogP contribution in [0.5, 0.6) is 5.75 Å². The van der Waals surface area contributed by atoms with Crippen LogP contribution in [0.1, 0.15) is 36.7 Å². The van der Waals surface area contributed by atoms with Gasteiger partial charge in [-0.1, -0.05) is 18.2 Å². The minimum Gasteiger partial charge on any atom is -0.497 e. The standard InChI is InChI=1S/C30H33N3O10/c1-14-7-6-8-18-19(14)9-17(40-5)10-20(18)29(39)43-26(30(4)13-41-30)28(38)32-22(27(37)31-11-15(2)34)23-25(42-16(3)35)24(36)21-12-33(21)23/h6-10,21,24-26,36H,11-13H2,1-5H3,(H,31,37)(H,32,38)/t21-,24+,25+,26-,30-,33?/m0/s1. The summed E-state index contributed by atoms with van der Waals surface area (Å²) in [6, 6.07) is 8.33. The largest absolute Gasteiger partial charge is 0.497 e. The number of fused-ring (bicyclic) bond motifs is 2. The molecule has 43 heavy (non-hydrogen) atoms. The number of aliphatic hydroxyl groups is 1. The maximum atomic E-state index is 13.8. The number of ether oxygens (including phenoxy) is 4. The molecule has 5 atom stereocenters. The number of ketones is 1. The van der Waals surface area contributed by atoms with Gasteiger partial charge in [0.25, 0.3) is 11.8 Å². The molecular formula is C30H33N3O10. The summed E-state index contributed by atoms with van der Waals surface area (Å²) in [5.41, 5.74) is -0.395. The highest BCUT2D eigenvalue weighted by atomic mass is 16.6. The molecule has 2 aromatic carbocycles. The van der Waals surface area contributed by atoms with Gasteiger partial charge in [-0.3, -0.25) is 19.2 Å². The van der Waals surface area contributed by atoms with Crippen molar-refractivity contribution in [3.8, 4) is 5.75 Å². The molecule has 2 amide bonds. The molecule has 3 aliphatic heterocycles. The number of carbonyl (C=O) groups excluding carboxylic acids is 5. The van der Waals surface area contributed by atoms with E-state index in [9.17, 15) is 29.1 Å². The zero-order valence-corrected chi connectivity index (χ0v) is 24.4. The molecule has 0 aromatic heterocycles. The minimum atomic E-state index is -1.51. The number of epoxide rings is 1. The molecule has 5 rings (SSSR count). The lowest BCUT2D eigenvalue weighted by Crippen LogP contribution is -2.49. The number of nitrogens with one attached hydrogen (secondary N) is 2. The number of methoxy groups -OCH3 is 1. The predicted octanol–water partition coefficient (Wildman–Crippen LogP) is 0.495. The van der Waals surface area contributed by atoms with Crippen LogP contribution in [0.15, 0.2) is 41.7 Å². The Balaban J connectivity index is 1.49. The van der Waals surface area contributed by atoms with Crippen LogP contribution in [0.2, 0.25) is 0 Å². The Kier molecular flexibility index (Phi) is 7.88. The highest BCUT2D eigenvalue weighted by Crippen LogP contribution is 2.42. The van der Waals surface area contributed by atoms with Crippen molar-refractivity contribution < 1.29 is 48.0 Å². The van der Waals surface area contributed by atoms with Crippen molar-refractivity contribution in [3.05, 3.63) is 52.9 Å². The number of piperidine rings is 1. The first-order valence-electron chi connectivity index (χ1n) is 13.7. The fourth-order valence-electron chi connectivity index (χ4n) is 5.25. The second-order valence-corrected chi connectivity index (χ2v) is 11.1. The SMILES string of the molecule is COc1cc(C(=O)O[C@@H](C(=O)NC(C(=O)NCC(C)=O)=C2[C@@H](OC(C)=O)[C@H](O)[C@@H]3CN23)[C@]2(C)CO2)c2cccc(C)c2c1. The quantitative estimate of drug-likeness (QED) is 0.198. The first kappa shape index (κ1) is 30.0. The van der Waals surface area contributed by atoms with Gasteiger partial charge in [-0.15, -0.1) is 0 Å². The van der Waals surface area contributed by atoms with E-state index in [1.807, 2.05) is 13.0 Å². The van der Waals surface area contributed by atoms with Crippen molar-refractivity contribution in [2.45, 2.75) is 57.6 Å². The van der Waals surface area contributed by atoms with E-state index in [1.54, 1.807) is 30.0 Å². The Morgan fingerprint density at radius 1 is 1.16 bits per heavy atom. The second-order valence-electron chi connectivity index (χ2n) is 11.1. The van der Waals surface area contributed by atoms with Crippen LogP contribution < -0.4 is 15.4 Å². The molecule has 0 bridgehead atoms. The van der Waals surface area contributed by atoms with Crippen LogP contribution >= 0.6 is 0 Å². The topological polar surface area (TPSA) is 173 Å². The maximum Gasteiger partial charge on any atom is 0.339 e. The number of aliphatic hydroxyl groups excluding tert-OH is 1. The molecule has 228 valence electrons. The smallest absolute Gasteiger partial charge is 0.339 e. The second kappa shape index (κ2) is 11.3. The van der Waals surface area contributed by atoms with E-state index in [1.165, 1.54) is 20.1 Å². The average molecular weight is 596 g/mol. The maximum absolute atomic E-state index is 13.8. The van der Waals surface area contributed by atoms with Crippen LogP contribution in [0, 0.1) is 6.92 Å². The number of hydrogen-bond acceptors (Lipinski definition) is 11. The highest BCUT2D eigenvalue weighted by Gasteiger charge is 2.59. The third-order valence-electron chi connectivity index (χ3n) is 7.72. The van der Waals surface area contributed by atoms with Crippen molar-refractivity contribution in [1.82, 2.24) is 15.5 Å². The van der Waals surface area contributed by atoms with Gasteiger partial charge in [-0.2, -0.15) is 0 Å². The summed E-state index contributed by atoms with van der Waals surface area (Å²) in [4.78, 5) is 65.8. The molecule has 3 heterocycles. The lowest BCUT2D eigenvalue weighted by Gasteiger charge is -2.25. The number of rotatable bonds is 10. The Hall–Kier alpha value is -4.49. The summed E-state index contributed by atoms with van der Waals surface area (Å²) in [6.45, 7) is 6.03. The van der Waals surface area contributed by atoms with Gasteiger partial charge in [0.1, 0.15) is 28.9 Å². The molecule has 2 aromatic rings. The van der Waals surface area contributed by atoms with Crippen LogP contribution in [0.25, 0.3) is 10.8 Å². The molecule has 3 fully saturated rings. The molecule has 13 nitrogen and oxygen atoms in total. The van der Waals surface area contributed by atoms with E-state index in [2.05, 4.69) is 10.6 Å². The Bertz CT molecular complexity index is 1560. The first-order valence-corrected chi connectivity index (χ1v) is 13.7. The van der Waals surface area contributed by atoms with Gasteiger partial charge in [0.2, 0.25) is 6.10 Å². The number of amides is 2. The molecule has 0 saturated carbocycles. The molecule has 3 aliphatic rings. The minimum absolute atomic E-state index is 0.0725. The summed E-state index contributed by atoms with van der Waals surface area (Å²) in [5, 5.41) is 17.0. The summed E-state index contributed by atoms with van der Waals surface area (Å²) in [7, 11) is 1.47. The van der Waals surface area contributed by atoms with Crippen molar-refractivity contribution >= 4 is 40.3 Å². The Labute approximate surface area is 247 Å². The van der Waals surface area contributed by atoms with Crippen molar-refractivity contribution in [1.29, 1.82) is 0 Å². The summed E-state index contributed by atoms with van der Waals surface area (Å²) >= 11 is 0. The van der Waals surface area contributed by atoms with Crippen molar-refractivity contribution in [3.63, 3.8) is 0 Å². The normalized spacial score (nSPS) is 25.3. The number of nitrogens with zero attached hydrogens (tertiary/aromatic N) is 1. The Morgan fingerprint density at radius 2 is 1.88 bits per heavy atom. The van der Waals surface area contributed by atoms with Gasteiger partial charge in [-0.05, 0) is 49.2 Å². The van der Waals surface area contributed by atoms with Crippen LogP contribution in [0.4, 0.5) is 0 Å². The van der Waals surface area contributed by atoms with Crippen molar-refractivity contribution in [2.24, 2.45) is 0 Å². The zero-order chi connectivity index (χ0) is 31.2. The first-order chi connectivity index (χ1) is 20.3. The average Bonchev–Trinajstić information content (AvgIpc) is 3.88. The third kappa shape index (κ3) is 5.90. The van der Waals surface area contributed by atoms with E-state index in [-0.39, 0.29) is 35.9 Å². The molecule has 0 spiro atoms. The molecule has 0 radical (unpaired) electrons. The van der Waals surface area contributed by atoms with Gasteiger partial charge in [-0.25, -0.2) is 4.79 Å². The van der Waals surface area contributed by atoms with Gasteiger partial charge < -0.3 is 39.6 Å². The molecule has 0 unspecified atom stereocenters. The van der Waals surface area contributed by atoms with Gasteiger partial charge >= 0.3 is 11.9 Å². The highest BCUT2D eigenvalue weighted by molar-refractivity contribution is 6.07. The fraction of sp³-hybridized carbons (Fsp3) is 0.433. The zero-order valence-electron chi connectivity index (χ0n) is 24.4. The number of esters is 2. The summed E-state index contributed by atoms with van der Waals surface area (Å²) in [5.74, 6) is -3.19. The number of hydrogen-bond donors (Lipinski definition) is 3. The van der Waals surface area contributed by atoms with Crippen LogP contribution in [0.3, 0.4) is 0 Å². The van der Waals surface area contributed by atoms with Crippen LogP contribution in [-0.2, 0) is 33.4 Å². The monoisotopic (exact) mass is 595 g/mol. The van der Waals surface area contributed by atoms with Gasteiger partial charge in [0.05, 0.1) is 37.6 Å². The summed E-state index contributed by atoms with van der Waals surface area (Å²) < 4.78 is 22.0. The van der Waals surface area contributed by atoms with E-state index in [0.29, 0.717) is 17.7 Å². The number of Topliss-reactive ketones (excluding diaryl/α,β-unsaturated/α-hetero) is 1. The predicted molar refractivity (Wildman–Crippen MR) is 150 cm³/mol. The third-order valence-corrected chi connectivity index (χ3v) is 7.72. The van der Waals surface area contributed by atoms with Gasteiger partial charge in [0, 0.05) is 13.5 Å². The van der Waals surface area contributed by atoms with E-state index in [0.717, 1.165) is 17.9 Å². The van der Waals surface area contributed by atoms with Gasteiger partial charge in [0.15, 0.2) is 6.10 Å². The van der Waals surface area contributed by atoms with E-state index in [4.69, 9.17) is 18.9 Å². The van der Waals surface area contributed by atoms with Crippen molar-refractivity contribution in [2.75, 3.05) is 26.8 Å². The molecule has 3 saturated heterocycles.